The summed E-state index contributed by atoms with van der Waals surface area (Å²) in [7, 11) is 0. The molecular weight excluding hydrogens is 188 g/mol. The average molecular weight is 202 g/mol. The molecule has 1 N–H and O–H groups in total. The van der Waals surface area contributed by atoms with Crippen molar-refractivity contribution in [3.8, 4) is 0 Å². The van der Waals surface area contributed by atoms with E-state index < -0.39 is 0 Å². The molecule has 2 atom stereocenters. The topological polar surface area (TPSA) is 60.8 Å². The van der Waals surface area contributed by atoms with E-state index >= 15 is 0 Å². The third-order valence-electron chi connectivity index (χ3n) is 2.84. The minimum atomic E-state index is 0.107. The van der Waals surface area contributed by atoms with Crippen molar-refractivity contribution in [2.24, 2.45) is 11.0 Å². The molecule has 1 aliphatic heterocycles. The van der Waals surface area contributed by atoms with E-state index in [0.717, 1.165) is 19.5 Å². The molecule has 2 rings (SSSR count). The Morgan fingerprint density at radius 1 is 1.33 bits per heavy atom. The van der Waals surface area contributed by atoms with Gasteiger partial charge in [-0.05, 0) is 30.0 Å². The summed E-state index contributed by atoms with van der Waals surface area (Å²) in [6.07, 6.45) is 0.984. The highest BCUT2D eigenvalue weighted by molar-refractivity contribution is 5.16. The van der Waals surface area contributed by atoms with E-state index in [4.69, 9.17) is 5.53 Å². The van der Waals surface area contributed by atoms with Gasteiger partial charge in [-0.1, -0.05) is 35.4 Å². The van der Waals surface area contributed by atoms with Crippen molar-refractivity contribution in [2.75, 3.05) is 13.1 Å². The fourth-order valence-electron chi connectivity index (χ4n) is 2.05. The first-order chi connectivity index (χ1) is 7.40. The van der Waals surface area contributed by atoms with Crippen molar-refractivity contribution in [3.63, 3.8) is 0 Å². The minimum Gasteiger partial charge on any atom is -0.316 e. The predicted molar refractivity (Wildman–Crippen MR) is 59.4 cm³/mol. The molecule has 0 aliphatic carbocycles. The van der Waals surface area contributed by atoms with Crippen molar-refractivity contribution in [1.82, 2.24) is 5.32 Å². The standard InChI is InChI=1S/C11H14N4/c12-15-14-11-8-13-7-10(11)6-9-4-2-1-3-5-9/h1-5,10-11,13H,6-8H2/t10-,11+/m0/s1. The Morgan fingerprint density at radius 3 is 2.87 bits per heavy atom. The van der Waals surface area contributed by atoms with Crippen LogP contribution in [0.2, 0.25) is 0 Å². The van der Waals surface area contributed by atoms with Crippen LogP contribution in [0.4, 0.5) is 0 Å². The first-order valence-corrected chi connectivity index (χ1v) is 5.19. The molecule has 1 aliphatic rings. The molecule has 0 spiro atoms. The number of azide groups is 1. The van der Waals surface area contributed by atoms with Crippen molar-refractivity contribution in [1.29, 1.82) is 0 Å². The number of hydrogen-bond acceptors (Lipinski definition) is 2. The Kier molecular flexibility index (Phi) is 3.22. The zero-order valence-corrected chi connectivity index (χ0v) is 8.50. The zero-order chi connectivity index (χ0) is 10.5. The Bertz CT molecular complexity index is 356. The summed E-state index contributed by atoms with van der Waals surface area (Å²) in [5, 5.41) is 7.08. The van der Waals surface area contributed by atoms with Crippen LogP contribution in [0, 0.1) is 5.92 Å². The first kappa shape index (κ1) is 10.0. The molecule has 0 amide bonds. The van der Waals surface area contributed by atoms with Crippen LogP contribution >= 0.6 is 0 Å². The third-order valence-corrected chi connectivity index (χ3v) is 2.84. The highest BCUT2D eigenvalue weighted by Crippen LogP contribution is 2.18. The highest BCUT2D eigenvalue weighted by Gasteiger charge is 2.25. The highest BCUT2D eigenvalue weighted by atomic mass is 15.2. The van der Waals surface area contributed by atoms with Gasteiger partial charge >= 0.3 is 0 Å². The van der Waals surface area contributed by atoms with Gasteiger partial charge < -0.3 is 5.32 Å². The summed E-state index contributed by atoms with van der Waals surface area (Å²) in [6, 6.07) is 10.4. The van der Waals surface area contributed by atoms with Crippen LogP contribution in [0.3, 0.4) is 0 Å². The lowest BCUT2D eigenvalue weighted by Gasteiger charge is -2.13. The smallest absolute Gasteiger partial charge is 0.0542 e. The average Bonchev–Trinajstić information content (AvgIpc) is 2.68. The van der Waals surface area contributed by atoms with E-state index in [-0.39, 0.29) is 6.04 Å². The van der Waals surface area contributed by atoms with Crippen LogP contribution < -0.4 is 5.32 Å². The molecule has 0 radical (unpaired) electrons. The maximum Gasteiger partial charge on any atom is 0.0542 e. The molecule has 0 unspecified atom stereocenters. The monoisotopic (exact) mass is 202 g/mol. The van der Waals surface area contributed by atoms with Crippen LogP contribution in [0.1, 0.15) is 5.56 Å². The molecule has 1 fully saturated rings. The lowest BCUT2D eigenvalue weighted by Crippen LogP contribution is -2.17. The van der Waals surface area contributed by atoms with Crippen LogP contribution in [-0.2, 0) is 6.42 Å². The third kappa shape index (κ3) is 2.49. The Labute approximate surface area is 88.9 Å². The van der Waals surface area contributed by atoms with Gasteiger partial charge in [0, 0.05) is 11.5 Å². The van der Waals surface area contributed by atoms with Gasteiger partial charge in [-0.15, -0.1) is 0 Å². The van der Waals surface area contributed by atoms with Crippen LogP contribution in [0.25, 0.3) is 10.4 Å². The second-order valence-corrected chi connectivity index (χ2v) is 3.88. The SMILES string of the molecule is [N-]=[N+]=N[C@@H]1CNC[C@@H]1Cc1ccccc1. The van der Waals surface area contributed by atoms with Gasteiger partial charge in [-0.25, -0.2) is 0 Å². The lowest BCUT2D eigenvalue weighted by atomic mass is 9.95. The van der Waals surface area contributed by atoms with Gasteiger partial charge in [0.2, 0.25) is 0 Å². The first-order valence-electron chi connectivity index (χ1n) is 5.19. The Hall–Kier alpha value is -1.51. The van der Waals surface area contributed by atoms with E-state index in [1.54, 1.807) is 0 Å². The van der Waals surface area contributed by atoms with E-state index in [2.05, 4.69) is 27.5 Å². The molecule has 4 nitrogen and oxygen atoms in total. The Balaban J connectivity index is 2.02. The van der Waals surface area contributed by atoms with Gasteiger partial charge in [0.25, 0.3) is 0 Å². The molecule has 0 saturated carbocycles. The number of nitrogens with zero attached hydrogens (tertiary/aromatic N) is 3. The second kappa shape index (κ2) is 4.82. The van der Waals surface area contributed by atoms with Crippen LogP contribution in [0.5, 0.6) is 0 Å². The van der Waals surface area contributed by atoms with E-state index in [1.165, 1.54) is 5.56 Å². The fraction of sp³-hybridized carbons (Fsp3) is 0.455. The molecule has 0 aromatic heterocycles. The molecular formula is C11H14N4. The molecule has 1 aromatic carbocycles. The second-order valence-electron chi connectivity index (χ2n) is 3.88. The number of rotatable bonds is 3. The zero-order valence-electron chi connectivity index (χ0n) is 8.50. The molecule has 1 heterocycles. The summed E-state index contributed by atoms with van der Waals surface area (Å²) >= 11 is 0. The molecule has 15 heavy (non-hydrogen) atoms. The summed E-state index contributed by atoms with van der Waals surface area (Å²) in [5.41, 5.74) is 9.75. The van der Waals surface area contributed by atoms with Gasteiger partial charge in [-0.3, -0.25) is 0 Å². The molecule has 0 bridgehead atoms. The van der Waals surface area contributed by atoms with Gasteiger partial charge in [0.05, 0.1) is 6.04 Å². The van der Waals surface area contributed by atoms with Crippen molar-refractivity contribution < 1.29 is 0 Å². The number of hydrogen-bond donors (Lipinski definition) is 1. The fourth-order valence-corrected chi connectivity index (χ4v) is 2.05. The van der Waals surface area contributed by atoms with Crippen LogP contribution in [-0.4, -0.2) is 19.1 Å². The largest absolute Gasteiger partial charge is 0.316 e. The molecule has 78 valence electrons. The molecule has 4 heteroatoms. The number of nitrogens with one attached hydrogen (secondary N) is 1. The Morgan fingerprint density at radius 2 is 2.13 bits per heavy atom. The summed E-state index contributed by atoms with van der Waals surface area (Å²) in [6.45, 7) is 1.75. The predicted octanol–water partition coefficient (Wildman–Crippen LogP) is 2.13. The normalized spacial score (nSPS) is 24.8. The molecule has 1 aromatic rings. The van der Waals surface area contributed by atoms with E-state index in [9.17, 15) is 0 Å². The quantitative estimate of drug-likeness (QED) is 0.455. The van der Waals surface area contributed by atoms with Gasteiger partial charge in [0.1, 0.15) is 0 Å². The lowest BCUT2D eigenvalue weighted by molar-refractivity contribution is 0.510. The maximum atomic E-state index is 8.44. The maximum absolute atomic E-state index is 8.44. The minimum absolute atomic E-state index is 0.107. The van der Waals surface area contributed by atoms with E-state index in [1.807, 2.05) is 18.2 Å². The summed E-state index contributed by atoms with van der Waals surface area (Å²) in [4.78, 5) is 2.89. The van der Waals surface area contributed by atoms with Crippen molar-refractivity contribution in [2.45, 2.75) is 12.5 Å². The van der Waals surface area contributed by atoms with Crippen LogP contribution in [0.15, 0.2) is 35.4 Å². The summed E-state index contributed by atoms with van der Waals surface area (Å²) in [5.74, 6) is 0.434. The van der Waals surface area contributed by atoms with Crippen molar-refractivity contribution >= 4 is 0 Å². The summed E-state index contributed by atoms with van der Waals surface area (Å²) < 4.78 is 0. The number of benzene rings is 1. The van der Waals surface area contributed by atoms with Gasteiger partial charge in [0.15, 0.2) is 0 Å². The molecule has 1 saturated heterocycles. The van der Waals surface area contributed by atoms with E-state index in [0.29, 0.717) is 5.92 Å². The van der Waals surface area contributed by atoms with Crippen molar-refractivity contribution in [3.05, 3.63) is 46.3 Å². The van der Waals surface area contributed by atoms with Gasteiger partial charge in [-0.2, -0.15) is 0 Å².